The molecule has 1 aromatic rings. The van der Waals surface area contributed by atoms with Crippen LogP contribution in [0.5, 0.6) is 11.5 Å². The lowest BCUT2D eigenvalue weighted by Gasteiger charge is -2.22. The Kier molecular flexibility index (Phi) is 6.18. The Bertz CT molecular complexity index is 797. The number of urea groups is 1. The summed E-state index contributed by atoms with van der Waals surface area (Å²) in [5, 5.41) is 2.54. The van der Waals surface area contributed by atoms with E-state index in [1.807, 2.05) is 0 Å². The zero-order valence-corrected chi connectivity index (χ0v) is 16.2. The highest BCUT2D eigenvalue weighted by Gasteiger charge is 2.35. The van der Waals surface area contributed by atoms with Crippen molar-refractivity contribution in [3.05, 3.63) is 29.5 Å². The van der Waals surface area contributed by atoms with Crippen LogP contribution in [0, 0.1) is 0 Å². The normalized spacial score (nSPS) is 18.9. The molecule has 2 heterocycles. The van der Waals surface area contributed by atoms with Crippen molar-refractivity contribution in [3.8, 4) is 11.5 Å². The van der Waals surface area contributed by atoms with Crippen LogP contribution in [0.4, 0.5) is 4.79 Å². The number of hydrogen-bond acceptors (Lipinski definition) is 5. The second-order valence-electron chi connectivity index (χ2n) is 6.79. The maximum atomic E-state index is 12.6. The minimum atomic E-state index is -0.583. The minimum Gasteiger partial charge on any atom is -0.493 e. The third-order valence-electron chi connectivity index (χ3n) is 4.93. The average Bonchev–Trinajstić information content (AvgIpc) is 2.91. The number of benzene rings is 1. The van der Waals surface area contributed by atoms with E-state index in [9.17, 15) is 14.4 Å². The van der Waals surface area contributed by atoms with Gasteiger partial charge in [-0.1, -0.05) is 18.9 Å². The van der Waals surface area contributed by atoms with Crippen molar-refractivity contribution in [1.29, 1.82) is 0 Å². The number of carbonyl (C=O) groups excluding carboxylic acids is 3. The molecule has 28 heavy (non-hydrogen) atoms. The molecule has 3 rings (SSSR count). The van der Waals surface area contributed by atoms with Gasteiger partial charge in [0.25, 0.3) is 5.91 Å². The van der Waals surface area contributed by atoms with Gasteiger partial charge in [0.1, 0.15) is 12.2 Å². The first-order valence-corrected chi connectivity index (χ1v) is 9.38. The molecule has 0 unspecified atom stereocenters. The summed E-state index contributed by atoms with van der Waals surface area (Å²) in [6.45, 7) is 1.11. The third-order valence-corrected chi connectivity index (χ3v) is 4.93. The van der Waals surface area contributed by atoms with Gasteiger partial charge >= 0.3 is 6.03 Å². The Morgan fingerprint density at radius 3 is 2.39 bits per heavy atom. The maximum absolute atomic E-state index is 12.6. The van der Waals surface area contributed by atoms with Crippen LogP contribution in [0.3, 0.4) is 0 Å². The number of hydrogen-bond donors (Lipinski definition) is 1. The standard InChI is InChI=1S/C20H25N3O5/c1-27-16-8-7-14(12-17(16)28-2)11-15-19(25)23(20(26)21-15)13-18(24)22-9-5-3-4-6-10-22/h7-8,11-12H,3-6,9-10,13H2,1-2H3,(H,21,26)/b15-11-. The highest BCUT2D eigenvalue weighted by Crippen LogP contribution is 2.28. The summed E-state index contributed by atoms with van der Waals surface area (Å²) >= 11 is 0. The Morgan fingerprint density at radius 2 is 1.75 bits per heavy atom. The summed E-state index contributed by atoms with van der Waals surface area (Å²) in [5.41, 5.74) is 0.794. The SMILES string of the molecule is COc1ccc(/C=C2\NC(=O)N(CC(=O)N3CCCCCC3)C2=O)cc1OC. The quantitative estimate of drug-likeness (QED) is 0.617. The molecule has 2 aliphatic rings. The van der Waals surface area contributed by atoms with Crippen LogP contribution in [0.25, 0.3) is 6.08 Å². The van der Waals surface area contributed by atoms with Crippen molar-refractivity contribution in [2.75, 3.05) is 33.9 Å². The van der Waals surface area contributed by atoms with Gasteiger partial charge in [-0.05, 0) is 36.6 Å². The molecule has 0 atom stereocenters. The molecule has 4 amide bonds. The van der Waals surface area contributed by atoms with Crippen molar-refractivity contribution in [2.45, 2.75) is 25.7 Å². The van der Waals surface area contributed by atoms with Gasteiger partial charge in [-0.15, -0.1) is 0 Å². The molecule has 1 aromatic carbocycles. The third kappa shape index (κ3) is 4.27. The predicted molar refractivity (Wildman–Crippen MR) is 103 cm³/mol. The molecule has 8 heteroatoms. The fourth-order valence-electron chi connectivity index (χ4n) is 3.38. The lowest BCUT2D eigenvalue weighted by molar-refractivity contribution is -0.135. The molecule has 2 aliphatic heterocycles. The van der Waals surface area contributed by atoms with Crippen molar-refractivity contribution in [3.63, 3.8) is 0 Å². The predicted octanol–water partition coefficient (Wildman–Crippen LogP) is 2.00. The van der Waals surface area contributed by atoms with Crippen molar-refractivity contribution >= 4 is 23.9 Å². The fourth-order valence-corrected chi connectivity index (χ4v) is 3.38. The summed E-state index contributed by atoms with van der Waals surface area (Å²) < 4.78 is 10.4. The Morgan fingerprint density at radius 1 is 1.07 bits per heavy atom. The number of imide groups is 1. The zero-order valence-electron chi connectivity index (χ0n) is 16.2. The van der Waals surface area contributed by atoms with E-state index in [0.29, 0.717) is 30.2 Å². The first-order valence-electron chi connectivity index (χ1n) is 9.38. The molecule has 0 spiro atoms. The van der Waals surface area contributed by atoms with E-state index < -0.39 is 11.9 Å². The van der Waals surface area contributed by atoms with Crippen molar-refractivity contribution in [1.82, 2.24) is 15.1 Å². The van der Waals surface area contributed by atoms with E-state index in [-0.39, 0.29) is 18.1 Å². The Hall–Kier alpha value is -3.03. The maximum Gasteiger partial charge on any atom is 0.329 e. The van der Waals surface area contributed by atoms with Gasteiger partial charge in [0.2, 0.25) is 5.91 Å². The zero-order chi connectivity index (χ0) is 20.1. The van der Waals surface area contributed by atoms with E-state index in [2.05, 4.69) is 5.32 Å². The van der Waals surface area contributed by atoms with E-state index in [1.54, 1.807) is 29.2 Å². The van der Waals surface area contributed by atoms with Crippen LogP contribution in [0.15, 0.2) is 23.9 Å². The number of ether oxygens (including phenoxy) is 2. The first kappa shape index (κ1) is 19.7. The van der Waals surface area contributed by atoms with Crippen LogP contribution in [-0.2, 0) is 9.59 Å². The Labute approximate surface area is 164 Å². The molecular weight excluding hydrogens is 362 g/mol. The molecular formula is C20H25N3O5. The fraction of sp³-hybridized carbons (Fsp3) is 0.450. The summed E-state index contributed by atoms with van der Waals surface area (Å²) in [4.78, 5) is 40.1. The number of amides is 4. The molecule has 0 aromatic heterocycles. The van der Waals surface area contributed by atoms with E-state index in [0.717, 1.165) is 30.6 Å². The van der Waals surface area contributed by atoms with Gasteiger partial charge in [-0.25, -0.2) is 9.69 Å². The van der Waals surface area contributed by atoms with Crippen LogP contribution >= 0.6 is 0 Å². The molecule has 2 fully saturated rings. The monoisotopic (exact) mass is 387 g/mol. The summed E-state index contributed by atoms with van der Waals surface area (Å²) in [6.07, 6.45) is 5.67. The molecule has 0 radical (unpaired) electrons. The number of nitrogens with zero attached hydrogens (tertiary/aromatic N) is 2. The van der Waals surface area contributed by atoms with Gasteiger partial charge in [0.15, 0.2) is 11.5 Å². The Balaban J connectivity index is 1.72. The smallest absolute Gasteiger partial charge is 0.329 e. The van der Waals surface area contributed by atoms with Crippen LogP contribution in [0.1, 0.15) is 31.2 Å². The molecule has 8 nitrogen and oxygen atoms in total. The lowest BCUT2D eigenvalue weighted by Crippen LogP contribution is -2.43. The van der Waals surface area contributed by atoms with E-state index in [1.165, 1.54) is 14.2 Å². The topological polar surface area (TPSA) is 88.2 Å². The van der Waals surface area contributed by atoms with Crippen LogP contribution in [-0.4, -0.2) is 61.5 Å². The van der Waals surface area contributed by atoms with Gasteiger partial charge in [0.05, 0.1) is 14.2 Å². The molecule has 0 saturated carbocycles. The van der Waals surface area contributed by atoms with Crippen molar-refractivity contribution < 1.29 is 23.9 Å². The van der Waals surface area contributed by atoms with Gasteiger partial charge in [-0.2, -0.15) is 0 Å². The van der Waals surface area contributed by atoms with Gasteiger partial charge in [-0.3, -0.25) is 9.59 Å². The van der Waals surface area contributed by atoms with Crippen LogP contribution < -0.4 is 14.8 Å². The summed E-state index contributed by atoms with van der Waals surface area (Å²) in [5.74, 6) is 0.374. The highest BCUT2D eigenvalue weighted by atomic mass is 16.5. The summed E-state index contributed by atoms with van der Waals surface area (Å²) in [7, 11) is 3.06. The van der Waals surface area contributed by atoms with E-state index in [4.69, 9.17) is 9.47 Å². The molecule has 0 aliphatic carbocycles. The first-order chi connectivity index (χ1) is 13.5. The van der Waals surface area contributed by atoms with Gasteiger partial charge < -0.3 is 19.7 Å². The molecule has 1 N–H and O–H groups in total. The second kappa shape index (κ2) is 8.77. The number of methoxy groups -OCH3 is 2. The number of carbonyl (C=O) groups is 3. The number of nitrogens with one attached hydrogen (secondary N) is 1. The average molecular weight is 387 g/mol. The molecule has 2 saturated heterocycles. The lowest BCUT2D eigenvalue weighted by atomic mass is 10.1. The van der Waals surface area contributed by atoms with E-state index >= 15 is 0 Å². The molecule has 0 bridgehead atoms. The largest absolute Gasteiger partial charge is 0.493 e. The molecule has 150 valence electrons. The minimum absolute atomic E-state index is 0.126. The second-order valence-corrected chi connectivity index (χ2v) is 6.79. The van der Waals surface area contributed by atoms with Crippen LogP contribution in [0.2, 0.25) is 0 Å². The highest BCUT2D eigenvalue weighted by molar-refractivity contribution is 6.15. The number of likely N-dealkylation sites (tertiary alicyclic amines) is 1. The van der Waals surface area contributed by atoms with Crippen molar-refractivity contribution in [2.24, 2.45) is 0 Å². The summed E-state index contributed by atoms with van der Waals surface area (Å²) in [6, 6.07) is 4.59. The van der Waals surface area contributed by atoms with Gasteiger partial charge in [0, 0.05) is 13.1 Å². The number of rotatable bonds is 5.